The number of thiophene rings is 1. The van der Waals surface area contributed by atoms with Crippen molar-refractivity contribution in [2.45, 2.75) is 43.4 Å². The van der Waals surface area contributed by atoms with Crippen LogP contribution in [-0.2, 0) is 34.2 Å². The third-order valence-corrected chi connectivity index (χ3v) is 9.65. The van der Waals surface area contributed by atoms with Gasteiger partial charge in [0.25, 0.3) is 10.0 Å². The summed E-state index contributed by atoms with van der Waals surface area (Å²) in [5.74, 6) is 0.637. The smallest absolute Gasteiger partial charge is 0.252 e. The Morgan fingerprint density at radius 3 is 2.85 bits per heavy atom. The third kappa shape index (κ3) is 4.34. The van der Waals surface area contributed by atoms with Crippen molar-refractivity contribution in [2.75, 3.05) is 19.6 Å². The molecule has 8 nitrogen and oxygen atoms in total. The van der Waals surface area contributed by atoms with Gasteiger partial charge in [0.1, 0.15) is 4.21 Å². The summed E-state index contributed by atoms with van der Waals surface area (Å²) in [6, 6.07) is 9.79. The summed E-state index contributed by atoms with van der Waals surface area (Å²) in [5.41, 5.74) is 3.09. The first-order valence-corrected chi connectivity index (χ1v) is 13.5. The SMILES string of the molecule is CCc1nc(-c2csc(S(=O)(=O)N3CCCC(C(=O)N4CCc5ccccc5C4)C3)c2)no1. The fourth-order valence-electron chi connectivity index (χ4n) is 4.52. The van der Waals surface area contributed by atoms with Crippen LogP contribution in [0.15, 0.2) is 44.4 Å². The van der Waals surface area contributed by atoms with Crippen molar-refractivity contribution in [3.05, 3.63) is 52.7 Å². The molecule has 3 aromatic rings. The standard InChI is InChI=1S/C23H26N4O4S2/c1-2-20-24-22(25-31-20)19-12-21(32-15-19)33(29,30)27-10-5-8-18(14-27)23(28)26-11-9-16-6-3-4-7-17(16)13-26/h3-4,6-7,12,15,18H,2,5,8-11,13-14H2,1H3. The summed E-state index contributed by atoms with van der Waals surface area (Å²) in [5, 5.41) is 5.66. The fourth-order valence-corrected chi connectivity index (χ4v) is 7.35. The molecule has 33 heavy (non-hydrogen) atoms. The molecule has 2 aromatic heterocycles. The average molecular weight is 487 g/mol. The van der Waals surface area contributed by atoms with E-state index in [9.17, 15) is 13.2 Å². The van der Waals surface area contributed by atoms with Gasteiger partial charge >= 0.3 is 0 Å². The number of fused-ring (bicyclic) bond motifs is 1. The van der Waals surface area contributed by atoms with Crippen molar-refractivity contribution in [2.24, 2.45) is 5.92 Å². The highest BCUT2D eigenvalue weighted by molar-refractivity contribution is 7.91. The number of aromatic nitrogens is 2. The second-order valence-electron chi connectivity index (χ2n) is 8.50. The Kier molecular flexibility index (Phi) is 6.07. The first kappa shape index (κ1) is 22.2. The van der Waals surface area contributed by atoms with Gasteiger partial charge in [-0.2, -0.15) is 9.29 Å². The van der Waals surface area contributed by atoms with Crippen molar-refractivity contribution < 1.29 is 17.7 Å². The van der Waals surface area contributed by atoms with Crippen molar-refractivity contribution in [1.29, 1.82) is 0 Å². The molecule has 174 valence electrons. The monoisotopic (exact) mass is 486 g/mol. The molecule has 1 atom stereocenters. The summed E-state index contributed by atoms with van der Waals surface area (Å²) in [6.07, 6.45) is 2.84. The number of hydrogen-bond acceptors (Lipinski definition) is 7. The molecule has 1 unspecified atom stereocenters. The normalized spacial score (nSPS) is 19.4. The van der Waals surface area contributed by atoms with Crippen LogP contribution >= 0.6 is 11.3 Å². The van der Waals surface area contributed by atoms with E-state index in [1.807, 2.05) is 24.0 Å². The van der Waals surface area contributed by atoms with Crippen LogP contribution in [0.5, 0.6) is 0 Å². The molecule has 1 fully saturated rings. The maximum Gasteiger partial charge on any atom is 0.252 e. The van der Waals surface area contributed by atoms with E-state index in [4.69, 9.17) is 4.52 Å². The maximum absolute atomic E-state index is 13.3. The van der Waals surface area contributed by atoms with Crippen molar-refractivity contribution in [3.8, 4) is 11.4 Å². The third-order valence-electron chi connectivity index (χ3n) is 6.37. The van der Waals surface area contributed by atoms with Crippen LogP contribution in [0, 0.1) is 5.92 Å². The van der Waals surface area contributed by atoms with E-state index in [0.29, 0.717) is 56.2 Å². The quantitative estimate of drug-likeness (QED) is 0.549. The van der Waals surface area contributed by atoms with Crippen molar-refractivity contribution in [1.82, 2.24) is 19.3 Å². The highest BCUT2D eigenvalue weighted by Gasteiger charge is 2.36. The van der Waals surface area contributed by atoms with Crippen LogP contribution in [0.3, 0.4) is 0 Å². The molecule has 2 aliphatic rings. The van der Waals surface area contributed by atoms with Crippen LogP contribution in [0.1, 0.15) is 36.8 Å². The number of carbonyl (C=O) groups is 1. The topological polar surface area (TPSA) is 96.6 Å². The van der Waals surface area contributed by atoms with E-state index in [2.05, 4.69) is 22.3 Å². The molecule has 1 aromatic carbocycles. The van der Waals surface area contributed by atoms with Crippen LogP contribution in [0.2, 0.25) is 0 Å². The molecule has 0 spiro atoms. The van der Waals surface area contributed by atoms with Crippen LogP contribution in [0.25, 0.3) is 11.4 Å². The van der Waals surface area contributed by atoms with Gasteiger partial charge in [0.05, 0.1) is 5.92 Å². The average Bonchev–Trinajstić information content (AvgIpc) is 3.53. The van der Waals surface area contributed by atoms with Crippen molar-refractivity contribution in [3.63, 3.8) is 0 Å². The lowest BCUT2D eigenvalue weighted by Crippen LogP contribution is -2.47. The summed E-state index contributed by atoms with van der Waals surface area (Å²) in [4.78, 5) is 19.4. The predicted molar refractivity (Wildman–Crippen MR) is 124 cm³/mol. The van der Waals surface area contributed by atoms with E-state index in [-0.39, 0.29) is 22.6 Å². The van der Waals surface area contributed by atoms with Gasteiger partial charge in [-0.25, -0.2) is 8.42 Å². The Bertz CT molecular complexity index is 1270. The fraction of sp³-hybridized carbons (Fsp3) is 0.435. The highest BCUT2D eigenvalue weighted by Crippen LogP contribution is 2.32. The molecule has 1 amide bonds. The number of carbonyl (C=O) groups excluding carboxylic acids is 1. The molecule has 10 heteroatoms. The number of sulfonamides is 1. The van der Waals surface area contributed by atoms with E-state index < -0.39 is 10.0 Å². The zero-order valence-electron chi connectivity index (χ0n) is 18.4. The molecule has 0 aliphatic carbocycles. The van der Waals surface area contributed by atoms with Gasteiger partial charge in [-0.3, -0.25) is 4.79 Å². The Morgan fingerprint density at radius 1 is 1.24 bits per heavy atom. The van der Waals surface area contributed by atoms with Crippen LogP contribution in [0.4, 0.5) is 0 Å². The largest absolute Gasteiger partial charge is 0.339 e. The molecule has 0 bridgehead atoms. The number of piperidine rings is 1. The first-order chi connectivity index (χ1) is 16.0. The van der Waals surface area contributed by atoms with E-state index >= 15 is 0 Å². The minimum absolute atomic E-state index is 0.0511. The second kappa shape index (κ2) is 9.00. The van der Waals surface area contributed by atoms with Gasteiger partial charge in [0.15, 0.2) is 0 Å². The van der Waals surface area contributed by atoms with Crippen LogP contribution in [-0.4, -0.2) is 53.3 Å². The maximum atomic E-state index is 13.3. The highest BCUT2D eigenvalue weighted by atomic mass is 32.2. The number of amides is 1. The Morgan fingerprint density at radius 2 is 2.06 bits per heavy atom. The molecule has 4 heterocycles. The lowest BCUT2D eigenvalue weighted by Gasteiger charge is -2.36. The van der Waals surface area contributed by atoms with Gasteiger partial charge < -0.3 is 9.42 Å². The Hall–Kier alpha value is -2.56. The number of nitrogens with zero attached hydrogens (tertiary/aromatic N) is 4. The first-order valence-electron chi connectivity index (χ1n) is 11.2. The summed E-state index contributed by atoms with van der Waals surface area (Å²) >= 11 is 1.15. The second-order valence-corrected chi connectivity index (χ2v) is 11.6. The zero-order chi connectivity index (χ0) is 23.0. The molecule has 0 saturated carbocycles. The minimum atomic E-state index is -3.70. The summed E-state index contributed by atoms with van der Waals surface area (Å²) in [6.45, 7) is 3.82. The molecule has 1 saturated heterocycles. The molecule has 2 aliphatic heterocycles. The number of aryl methyl sites for hydroxylation is 1. The van der Waals surface area contributed by atoms with Gasteiger partial charge in [-0.1, -0.05) is 36.3 Å². The van der Waals surface area contributed by atoms with E-state index in [0.717, 1.165) is 17.8 Å². The Labute approximate surface area is 197 Å². The lowest BCUT2D eigenvalue weighted by molar-refractivity contribution is -0.137. The zero-order valence-corrected chi connectivity index (χ0v) is 20.1. The number of benzene rings is 1. The minimum Gasteiger partial charge on any atom is -0.339 e. The number of rotatable bonds is 5. The summed E-state index contributed by atoms with van der Waals surface area (Å²) in [7, 11) is -3.70. The lowest BCUT2D eigenvalue weighted by atomic mass is 9.95. The van der Waals surface area contributed by atoms with E-state index in [1.165, 1.54) is 15.4 Å². The molecule has 5 rings (SSSR count). The molecule has 0 radical (unpaired) electrons. The molecular weight excluding hydrogens is 460 g/mol. The van der Waals surface area contributed by atoms with Crippen LogP contribution < -0.4 is 0 Å². The molecule has 0 N–H and O–H groups in total. The predicted octanol–water partition coefficient (Wildman–Crippen LogP) is 3.35. The van der Waals surface area contributed by atoms with Gasteiger partial charge in [-0.15, -0.1) is 11.3 Å². The van der Waals surface area contributed by atoms with Gasteiger partial charge in [-0.05, 0) is 36.5 Å². The Balaban J connectivity index is 1.30. The summed E-state index contributed by atoms with van der Waals surface area (Å²) < 4.78 is 33.5. The van der Waals surface area contributed by atoms with Gasteiger partial charge in [0.2, 0.25) is 17.6 Å². The van der Waals surface area contributed by atoms with Crippen molar-refractivity contribution >= 4 is 27.3 Å². The van der Waals surface area contributed by atoms with Gasteiger partial charge in [0, 0.05) is 43.5 Å². The number of hydrogen-bond donors (Lipinski definition) is 0. The molecular formula is C23H26N4O4S2. The van der Waals surface area contributed by atoms with E-state index in [1.54, 1.807) is 11.4 Å².